The number of aromatic nitrogens is 7. The number of halogens is 3. The van der Waals surface area contributed by atoms with Gasteiger partial charge in [-0.05, 0) is 51.3 Å². The van der Waals surface area contributed by atoms with Gasteiger partial charge in [0.25, 0.3) is 0 Å². The summed E-state index contributed by atoms with van der Waals surface area (Å²) in [4.78, 5) is 23.5. The van der Waals surface area contributed by atoms with E-state index in [0.29, 0.717) is 45.4 Å². The summed E-state index contributed by atoms with van der Waals surface area (Å²) in [5.74, 6) is -1.23. The highest BCUT2D eigenvalue weighted by Crippen LogP contribution is 2.46. The van der Waals surface area contributed by atoms with Crippen LogP contribution < -0.4 is 5.32 Å². The minimum atomic E-state index is -4.72. The van der Waals surface area contributed by atoms with Crippen molar-refractivity contribution in [2.75, 3.05) is 33.2 Å². The number of aliphatic hydroxyl groups excluding tert-OH is 1. The normalized spacial score (nSPS) is 24.6. The van der Waals surface area contributed by atoms with E-state index in [2.05, 4.69) is 46.3 Å². The fraction of sp³-hybridized carbons (Fsp3) is 0.533. The van der Waals surface area contributed by atoms with Crippen molar-refractivity contribution in [2.45, 2.75) is 68.0 Å². The van der Waals surface area contributed by atoms with Crippen LogP contribution in [-0.4, -0.2) is 88.9 Å². The van der Waals surface area contributed by atoms with Crippen molar-refractivity contribution in [3.63, 3.8) is 0 Å². The van der Waals surface area contributed by atoms with Gasteiger partial charge in [0, 0.05) is 55.6 Å². The first kappa shape index (κ1) is 29.7. The zero-order chi connectivity index (χ0) is 31.4. The Morgan fingerprint density at radius 1 is 1.18 bits per heavy atom. The molecule has 0 bridgehead atoms. The number of nitriles is 1. The molecule has 7 rings (SSSR count). The summed E-state index contributed by atoms with van der Waals surface area (Å²) in [5, 5.41) is 29.6. The van der Waals surface area contributed by atoms with Gasteiger partial charge in [-0.15, -0.1) is 0 Å². The van der Waals surface area contributed by atoms with Crippen LogP contribution in [-0.2, 0) is 17.3 Å². The number of piperazine rings is 1. The largest absolute Gasteiger partial charge is 0.451 e. The Morgan fingerprint density at radius 3 is 2.62 bits per heavy atom. The first-order valence-corrected chi connectivity index (χ1v) is 15.2. The summed E-state index contributed by atoms with van der Waals surface area (Å²) in [6, 6.07) is 6.01. The first-order valence-electron chi connectivity index (χ1n) is 15.2. The van der Waals surface area contributed by atoms with Gasteiger partial charge < -0.3 is 15.4 Å². The highest BCUT2D eigenvalue weighted by atomic mass is 19.4. The number of nitrogens with one attached hydrogen (secondary N) is 2. The molecule has 45 heavy (non-hydrogen) atoms. The second-order valence-electron chi connectivity index (χ2n) is 12.4. The van der Waals surface area contributed by atoms with E-state index in [0.717, 1.165) is 41.6 Å². The highest BCUT2D eigenvalue weighted by molar-refractivity contribution is 5.90. The van der Waals surface area contributed by atoms with Crippen molar-refractivity contribution in [3.05, 3.63) is 54.3 Å². The lowest BCUT2D eigenvalue weighted by molar-refractivity contribution is -0.146. The Hall–Kier alpha value is -3.97. The van der Waals surface area contributed by atoms with Crippen molar-refractivity contribution in [1.82, 2.24) is 49.8 Å². The number of rotatable bonds is 8. The maximum absolute atomic E-state index is 13.7. The van der Waals surface area contributed by atoms with Gasteiger partial charge in [-0.2, -0.15) is 23.5 Å². The van der Waals surface area contributed by atoms with E-state index < -0.39 is 29.3 Å². The summed E-state index contributed by atoms with van der Waals surface area (Å²) in [6.07, 6.45) is 5.10. The minimum absolute atomic E-state index is 0.0333. The van der Waals surface area contributed by atoms with E-state index >= 15 is 0 Å². The Balaban J connectivity index is 1.02. The summed E-state index contributed by atoms with van der Waals surface area (Å²) >= 11 is 0. The lowest BCUT2D eigenvalue weighted by Crippen LogP contribution is -2.60. The van der Waals surface area contributed by atoms with Crippen LogP contribution in [0.25, 0.3) is 22.3 Å². The van der Waals surface area contributed by atoms with Crippen LogP contribution in [0.3, 0.4) is 0 Å². The molecule has 5 heterocycles. The van der Waals surface area contributed by atoms with E-state index in [1.165, 1.54) is 12.4 Å². The predicted octanol–water partition coefficient (Wildman–Crippen LogP) is 3.31. The van der Waals surface area contributed by atoms with Gasteiger partial charge in [0.2, 0.25) is 5.82 Å². The SMILES string of the molecule is CNC1(c2cc(C(O)N3CCN(C4CC(CC#N)(n5cc(-c6ncnc7[nH]ccc67)cn5)C4)CC3)nc(C(F)(F)F)n2)CCC1. The summed E-state index contributed by atoms with van der Waals surface area (Å²) < 4.78 is 43.1. The Bertz CT molecular complexity index is 1720. The Morgan fingerprint density at radius 2 is 1.96 bits per heavy atom. The van der Waals surface area contributed by atoms with Gasteiger partial charge in [-0.25, -0.2) is 19.9 Å². The maximum Gasteiger partial charge on any atom is 0.451 e. The third-order valence-corrected chi connectivity index (χ3v) is 9.99. The quantitative estimate of drug-likeness (QED) is 0.268. The molecule has 0 spiro atoms. The van der Waals surface area contributed by atoms with Gasteiger partial charge in [0.05, 0.1) is 46.8 Å². The third kappa shape index (κ3) is 5.15. The number of H-pyrrole nitrogens is 1. The summed E-state index contributed by atoms with van der Waals surface area (Å²) in [7, 11) is 1.72. The second kappa shape index (κ2) is 11.1. The molecule has 15 heteroatoms. The summed E-state index contributed by atoms with van der Waals surface area (Å²) in [5.41, 5.74) is 1.54. The smallest absolute Gasteiger partial charge is 0.372 e. The number of aromatic amines is 1. The van der Waals surface area contributed by atoms with Crippen LogP contribution in [0.5, 0.6) is 0 Å². The molecular formula is C30H34F3N11O. The maximum atomic E-state index is 13.7. The van der Waals surface area contributed by atoms with Gasteiger partial charge in [0.15, 0.2) is 6.23 Å². The Kier molecular flexibility index (Phi) is 7.35. The number of nitrogens with zero attached hydrogens (tertiary/aromatic N) is 9. The van der Waals surface area contributed by atoms with Gasteiger partial charge in [0.1, 0.15) is 12.0 Å². The van der Waals surface area contributed by atoms with Gasteiger partial charge in [-0.1, -0.05) is 0 Å². The van der Waals surface area contributed by atoms with Crippen LogP contribution in [0.15, 0.2) is 37.1 Å². The van der Waals surface area contributed by atoms with E-state index in [-0.39, 0.29) is 17.4 Å². The lowest BCUT2D eigenvalue weighted by atomic mass is 9.70. The molecule has 3 fully saturated rings. The lowest BCUT2D eigenvalue weighted by Gasteiger charge is -2.52. The Labute approximate surface area is 257 Å². The molecule has 12 nitrogen and oxygen atoms in total. The average molecular weight is 622 g/mol. The van der Waals surface area contributed by atoms with Crippen LogP contribution in [0.2, 0.25) is 0 Å². The van der Waals surface area contributed by atoms with Crippen LogP contribution in [0.1, 0.15) is 62.0 Å². The molecule has 0 radical (unpaired) electrons. The molecule has 1 aliphatic heterocycles. The molecule has 1 unspecified atom stereocenters. The molecule has 236 valence electrons. The van der Waals surface area contributed by atoms with E-state index in [1.54, 1.807) is 18.1 Å². The molecule has 4 aromatic heterocycles. The molecule has 3 N–H and O–H groups in total. The zero-order valence-electron chi connectivity index (χ0n) is 24.8. The average Bonchev–Trinajstić information content (AvgIpc) is 3.68. The van der Waals surface area contributed by atoms with Crippen LogP contribution >= 0.6 is 0 Å². The van der Waals surface area contributed by atoms with E-state index in [1.807, 2.05) is 23.1 Å². The number of alkyl halides is 3. The number of hydrogen-bond donors (Lipinski definition) is 3. The molecule has 0 aromatic carbocycles. The molecule has 3 aliphatic rings. The first-order chi connectivity index (χ1) is 21.6. The highest BCUT2D eigenvalue weighted by Gasteiger charge is 2.49. The molecule has 0 amide bonds. The molecule has 2 aliphatic carbocycles. The third-order valence-electron chi connectivity index (χ3n) is 9.99. The van der Waals surface area contributed by atoms with Crippen molar-refractivity contribution < 1.29 is 18.3 Å². The minimum Gasteiger partial charge on any atom is -0.372 e. The van der Waals surface area contributed by atoms with Gasteiger partial charge >= 0.3 is 6.18 Å². The molecule has 1 atom stereocenters. The van der Waals surface area contributed by atoms with Crippen molar-refractivity contribution in [3.8, 4) is 17.3 Å². The fourth-order valence-electron chi connectivity index (χ4n) is 7.11. The molecule has 2 saturated carbocycles. The number of aliphatic hydroxyl groups is 1. The number of hydrogen-bond acceptors (Lipinski definition) is 10. The van der Waals surface area contributed by atoms with Crippen LogP contribution in [0.4, 0.5) is 13.2 Å². The second-order valence-corrected chi connectivity index (χ2v) is 12.4. The topological polar surface area (TPSA) is 148 Å². The van der Waals surface area contributed by atoms with Crippen molar-refractivity contribution >= 4 is 11.0 Å². The number of fused-ring (bicyclic) bond motifs is 1. The van der Waals surface area contributed by atoms with Gasteiger partial charge in [-0.3, -0.25) is 14.5 Å². The molecule has 1 saturated heterocycles. The van der Waals surface area contributed by atoms with E-state index in [9.17, 15) is 23.5 Å². The predicted molar refractivity (Wildman–Crippen MR) is 156 cm³/mol. The monoisotopic (exact) mass is 621 g/mol. The van der Waals surface area contributed by atoms with Crippen LogP contribution in [0, 0.1) is 11.3 Å². The summed E-state index contributed by atoms with van der Waals surface area (Å²) in [6.45, 7) is 2.19. The van der Waals surface area contributed by atoms with Crippen molar-refractivity contribution in [2.24, 2.45) is 0 Å². The standard InChI is InChI=1S/C30H34F3N11O/c1-35-29(4-2-5-29)23-13-22(40-27(41-23)30(31,32)33)26(45)43-11-9-42(10-12-43)20-14-28(15-20,6-7-34)44-17-19(16-39-44)24-21-3-8-36-25(21)38-18-37-24/h3,8,13,16-18,20,26,35,45H,2,4-6,9-12,14-15H2,1H3,(H,36,37,38). The van der Waals surface area contributed by atoms with E-state index in [4.69, 9.17) is 0 Å². The molecule has 4 aromatic rings. The zero-order valence-corrected chi connectivity index (χ0v) is 24.8. The molecular weight excluding hydrogens is 587 g/mol. The fourth-order valence-corrected chi connectivity index (χ4v) is 7.11. The van der Waals surface area contributed by atoms with Crippen molar-refractivity contribution in [1.29, 1.82) is 5.26 Å².